The van der Waals surface area contributed by atoms with Crippen LogP contribution < -0.4 is 4.74 Å². The Morgan fingerprint density at radius 1 is 0.857 bits per heavy atom. The van der Waals surface area contributed by atoms with Gasteiger partial charge in [0.2, 0.25) is 0 Å². The Kier molecular flexibility index (Phi) is 4.51. The predicted octanol–water partition coefficient (Wildman–Crippen LogP) is 5.29. The Balaban J connectivity index is 1.89. The summed E-state index contributed by atoms with van der Waals surface area (Å²) in [6.07, 6.45) is 0. The summed E-state index contributed by atoms with van der Waals surface area (Å²) in [5, 5.41) is 0. The zero-order valence-electron chi connectivity index (χ0n) is 15.0. The number of carbonyl (C=O) groups is 2. The van der Waals surface area contributed by atoms with E-state index >= 15 is 0 Å². The molecule has 140 valence electrons. The van der Waals surface area contributed by atoms with E-state index in [-0.39, 0.29) is 11.3 Å². The average molecular weight is 378 g/mol. The van der Waals surface area contributed by atoms with Crippen molar-refractivity contribution < 1.29 is 23.1 Å². The molecule has 4 rings (SSSR count). The summed E-state index contributed by atoms with van der Waals surface area (Å²) in [5.74, 6) is -2.62. The third-order valence-corrected chi connectivity index (χ3v) is 4.96. The van der Waals surface area contributed by atoms with Crippen molar-refractivity contribution in [1.82, 2.24) is 0 Å². The Bertz CT molecular complexity index is 1070. The van der Waals surface area contributed by atoms with E-state index in [1.807, 2.05) is 0 Å². The second-order valence-electron chi connectivity index (χ2n) is 6.76. The number of hydrogen-bond acceptors (Lipinski definition) is 3. The molecule has 0 radical (unpaired) electrons. The zero-order valence-corrected chi connectivity index (χ0v) is 15.0. The molecule has 0 bridgehead atoms. The molecule has 5 heteroatoms. The lowest BCUT2D eigenvalue weighted by Gasteiger charge is -2.32. The van der Waals surface area contributed by atoms with Crippen molar-refractivity contribution in [3.63, 3.8) is 0 Å². The first-order valence-corrected chi connectivity index (χ1v) is 8.82. The number of ketones is 2. The van der Waals surface area contributed by atoms with Crippen molar-refractivity contribution in [2.75, 3.05) is 0 Å². The minimum absolute atomic E-state index is 0.225. The fraction of sp³-hybridized carbons (Fsp3) is 0.130. The van der Waals surface area contributed by atoms with Gasteiger partial charge in [0.15, 0.2) is 5.78 Å². The summed E-state index contributed by atoms with van der Waals surface area (Å²) in [4.78, 5) is 25.8. The Hall–Kier alpha value is -3.34. The summed E-state index contributed by atoms with van der Waals surface area (Å²) in [6, 6.07) is 16.2. The SMILES string of the molecule is CC(=O)[C@@H](C(=O)c1ccc(F)cc1)[C@@H]1c2ccccc2Oc2ccc(F)cc21. The summed E-state index contributed by atoms with van der Waals surface area (Å²) in [6.45, 7) is 1.34. The van der Waals surface area contributed by atoms with Gasteiger partial charge in [-0.1, -0.05) is 18.2 Å². The van der Waals surface area contributed by atoms with Crippen LogP contribution in [0, 0.1) is 17.6 Å². The van der Waals surface area contributed by atoms with Gasteiger partial charge in [0, 0.05) is 22.6 Å². The maximum atomic E-state index is 14.0. The molecule has 0 saturated carbocycles. The summed E-state index contributed by atoms with van der Waals surface area (Å²) >= 11 is 0. The number of fused-ring (bicyclic) bond motifs is 2. The third-order valence-electron chi connectivity index (χ3n) is 4.96. The van der Waals surface area contributed by atoms with Crippen LogP contribution in [0.15, 0.2) is 66.7 Å². The Morgan fingerprint density at radius 3 is 2.21 bits per heavy atom. The van der Waals surface area contributed by atoms with Gasteiger partial charge in [-0.05, 0) is 55.5 Å². The van der Waals surface area contributed by atoms with E-state index in [9.17, 15) is 18.4 Å². The molecule has 0 saturated heterocycles. The van der Waals surface area contributed by atoms with Crippen LogP contribution in [0.3, 0.4) is 0 Å². The van der Waals surface area contributed by atoms with Crippen LogP contribution in [0.1, 0.15) is 34.3 Å². The summed E-state index contributed by atoms with van der Waals surface area (Å²) in [5.41, 5.74) is 1.30. The first kappa shape index (κ1) is 18.0. The van der Waals surface area contributed by atoms with Gasteiger partial charge in [-0.25, -0.2) is 8.78 Å². The molecule has 0 fully saturated rings. The van der Waals surface area contributed by atoms with Crippen molar-refractivity contribution >= 4 is 11.6 Å². The van der Waals surface area contributed by atoms with Gasteiger partial charge >= 0.3 is 0 Å². The van der Waals surface area contributed by atoms with Crippen molar-refractivity contribution in [2.24, 2.45) is 5.92 Å². The van der Waals surface area contributed by atoms with E-state index in [4.69, 9.17) is 4.74 Å². The van der Waals surface area contributed by atoms with E-state index in [2.05, 4.69) is 0 Å². The fourth-order valence-electron chi connectivity index (χ4n) is 3.70. The molecule has 3 nitrogen and oxygen atoms in total. The van der Waals surface area contributed by atoms with Crippen LogP contribution in [0.25, 0.3) is 0 Å². The van der Waals surface area contributed by atoms with Crippen LogP contribution in [0.2, 0.25) is 0 Å². The van der Waals surface area contributed by atoms with E-state index in [1.54, 1.807) is 24.3 Å². The molecule has 0 N–H and O–H groups in total. The number of carbonyl (C=O) groups excluding carboxylic acids is 2. The van der Waals surface area contributed by atoms with Crippen LogP contribution in [0.5, 0.6) is 11.5 Å². The predicted molar refractivity (Wildman–Crippen MR) is 99.7 cm³/mol. The molecule has 0 aliphatic carbocycles. The van der Waals surface area contributed by atoms with Gasteiger partial charge in [-0.15, -0.1) is 0 Å². The Morgan fingerprint density at radius 2 is 1.50 bits per heavy atom. The Labute approximate surface area is 160 Å². The lowest BCUT2D eigenvalue weighted by Crippen LogP contribution is -2.31. The standard InChI is InChI=1S/C23H16F2O3/c1-13(26)21(23(27)14-6-8-15(24)9-7-14)22-17-4-2-3-5-19(17)28-20-11-10-16(25)12-18(20)22/h2-12,21-22H,1H3/t21-,22-/m1/s1. The van der Waals surface area contributed by atoms with Gasteiger partial charge in [0.25, 0.3) is 0 Å². The van der Waals surface area contributed by atoms with Crippen LogP contribution >= 0.6 is 0 Å². The number of rotatable bonds is 4. The first-order chi connectivity index (χ1) is 13.5. The molecule has 0 aromatic heterocycles. The number of benzene rings is 3. The highest BCUT2D eigenvalue weighted by atomic mass is 19.1. The van der Waals surface area contributed by atoms with Gasteiger partial charge in [0.05, 0.1) is 5.92 Å². The van der Waals surface area contributed by atoms with Crippen LogP contribution in [-0.4, -0.2) is 11.6 Å². The number of Topliss-reactive ketones (excluding diaryl/α,β-unsaturated/α-hetero) is 2. The van der Waals surface area contributed by atoms with Gasteiger partial charge in [0.1, 0.15) is 28.9 Å². The number of para-hydroxylation sites is 1. The smallest absolute Gasteiger partial charge is 0.174 e. The number of halogens is 2. The molecule has 3 aromatic rings. The zero-order chi connectivity index (χ0) is 19.8. The van der Waals surface area contributed by atoms with Gasteiger partial charge < -0.3 is 4.74 Å². The fourth-order valence-corrected chi connectivity index (χ4v) is 3.70. The largest absolute Gasteiger partial charge is 0.457 e. The molecule has 1 heterocycles. The molecule has 0 spiro atoms. The first-order valence-electron chi connectivity index (χ1n) is 8.82. The molecule has 28 heavy (non-hydrogen) atoms. The molecule has 0 unspecified atom stereocenters. The highest BCUT2D eigenvalue weighted by molar-refractivity contribution is 6.11. The molecule has 2 atom stereocenters. The summed E-state index contributed by atoms with van der Waals surface area (Å²) in [7, 11) is 0. The second kappa shape index (κ2) is 7.00. The minimum atomic E-state index is -1.09. The van der Waals surface area contributed by atoms with E-state index in [0.29, 0.717) is 22.6 Å². The van der Waals surface area contributed by atoms with Crippen molar-refractivity contribution in [3.8, 4) is 11.5 Å². The normalized spacial score (nSPS) is 15.8. The number of ether oxygens (including phenoxy) is 1. The van der Waals surface area contributed by atoms with E-state index < -0.39 is 29.3 Å². The molecular formula is C23H16F2O3. The summed E-state index contributed by atoms with van der Waals surface area (Å²) < 4.78 is 33.1. The van der Waals surface area contributed by atoms with Crippen molar-refractivity contribution in [2.45, 2.75) is 12.8 Å². The van der Waals surface area contributed by atoms with Gasteiger partial charge in [-0.2, -0.15) is 0 Å². The topological polar surface area (TPSA) is 43.4 Å². The molecule has 0 amide bonds. The van der Waals surface area contributed by atoms with Crippen molar-refractivity contribution in [1.29, 1.82) is 0 Å². The third kappa shape index (κ3) is 3.09. The monoisotopic (exact) mass is 378 g/mol. The highest BCUT2D eigenvalue weighted by Gasteiger charge is 2.40. The molecular weight excluding hydrogens is 362 g/mol. The van der Waals surface area contributed by atoms with E-state index in [1.165, 1.54) is 49.4 Å². The van der Waals surface area contributed by atoms with Gasteiger partial charge in [-0.3, -0.25) is 9.59 Å². The van der Waals surface area contributed by atoms with E-state index in [0.717, 1.165) is 0 Å². The van der Waals surface area contributed by atoms with Crippen molar-refractivity contribution in [3.05, 3.63) is 95.1 Å². The lowest BCUT2D eigenvalue weighted by atomic mass is 9.74. The maximum absolute atomic E-state index is 14.0. The quantitative estimate of drug-likeness (QED) is 0.458. The maximum Gasteiger partial charge on any atom is 0.174 e. The molecule has 1 aliphatic rings. The average Bonchev–Trinajstić information content (AvgIpc) is 2.68. The molecule has 3 aromatic carbocycles. The highest BCUT2D eigenvalue weighted by Crippen LogP contribution is 2.48. The van der Waals surface area contributed by atoms with Crippen LogP contribution in [-0.2, 0) is 4.79 Å². The number of hydrogen-bond donors (Lipinski definition) is 0. The minimum Gasteiger partial charge on any atom is -0.457 e. The lowest BCUT2D eigenvalue weighted by molar-refractivity contribution is -0.119. The van der Waals surface area contributed by atoms with Crippen LogP contribution in [0.4, 0.5) is 8.78 Å². The molecule has 1 aliphatic heterocycles. The second-order valence-corrected chi connectivity index (χ2v) is 6.76.